The van der Waals surface area contributed by atoms with Crippen molar-refractivity contribution in [3.63, 3.8) is 0 Å². The maximum absolute atomic E-state index is 8.86. The molecule has 12 heavy (non-hydrogen) atoms. The highest BCUT2D eigenvalue weighted by atomic mass is 16.7. The van der Waals surface area contributed by atoms with Gasteiger partial charge in [-0.1, -0.05) is 6.08 Å². The van der Waals surface area contributed by atoms with E-state index < -0.39 is 17.9 Å². The van der Waals surface area contributed by atoms with Gasteiger partial charge < -0.3 is 30.6 Å². The number of hydrogen-bond donors (Lipinski definition) is 6. The molecule has 0 saturated carbocycles. The molecule has 0 aromatic carbocycles. The van der Waals surface area contributed by atoms with E-state index >= 15 is 0 Å². The quantitative estimate of drug-likeness (QED) is 0.206. The zero-order valence-corrected chi connectivity index (χ0v) is 6.42. The Labute approximate surface area is 68.6 Å². The van der Waals surface area contributed by atoms with Crippen molar-refractivity contribution < 1.29 is 30.6 Å². The van der Waals surface area contributed by atoms with Gasteiger partial charge in [0.25, 0.3) is 0 Å². The first-order chi connectivity index (χ1) is 5.22. The molecule has 0 aliphatic carbocycles. The minimum absolute atomic E-state index is 0.690. The lowest BCUT2D eigenvalue weighted by atomic mass is 10.1. The second-order valence-electron chi connectivity index (χ2n) is 2.37. The van der Waals surface area contributed by atoms with E-state index in [-0.39, 0.29) is 0 Å². The number of hydrogen-bond acceptors (Lipinski definition) is 6. The van der Waals surface area contributed by atoms with E-state index in [9.17, 15) is 0 Å². The Morgan fingerprint density at radius 2 is 1.50 bits per heavy atom. The minimum atomic E-state index is -3.55. The fourth-order valence-corrected chi connectivity index (χ4v) is 0.621. The van der Waals surface area contributed by atoms with Gasteiger partial charge in [-0.15, -0.1) is 0 Å². The summed E-state index contributed by atoms with van der Waals surface area (Å²) < 4.78 is 0. The first-order valence-corrected chi connectivity index (χ1v) is 3.15. The van der Waals surface area contributed by atoms with Gasteiger partial charge in [-0.3, -0.25) is 0 Å². The van der Waals surface area contributed by atoms with Crippen LogP contribution in [0.3, 0.4) is 0 Å². The van der Waals surface area contributed by atoms with Gasteiger partial charge in [0.1, 0.15) is 0 Å². The summed E-state index contributed by atoms with van der Waals surface area (Å²) in [6, 6.07) is 0. The number of rotatable bonds is 3. The van der Waals surface area contributed by atoms with E-state index in [4.69, 9.17) is 30.6 Å². The third-order valence-corrected chi connectivity index (χ3v) is 1.18. The first kappa shape index (κ1) is 11.5. The Bertz CT molecular complexity index is 167. The highest BCUT2D eigenvalue weighted by Gasteiger charge is 2.45. The van der Waals surface area contributed by atoms with E-state index in [1.807, 2.05) is 0 Å². The van der Waals surface area contributed by atoms with E-state index in [1.165, 1.54) is 6.92 Å². The molecule has 0 saturated heterocycles. The van der Waals surface area contributed by atoms with Crippen LogP contribution in [0.4, 0.5) is 0 Å². The van der Waals surface area contributed by atoms with Crippen LogP contribution in [0, 0.1) is 0 Å². The van der Waals surface area contributed by atoms with Crippen molar-refractivity contribution in [2.24, 2.45) is 0 Å². The molecule has 1 atom stereocenters. The molecule has 0 aromatic heterocycles. The van der Waals surface area contributed by atoms with Crippen LogP contribution in [-0.2, 0) is 0 Å². The van der Waals surface area contributed by atoms with Crippen LogP contribution in [0.1, 0.15) is 6.92 Å². The Morgan fingerprint density at radius 1 is 1.08 bits per heavy atom. The van der Waals surface area contributed by atoms with Crippen LogP contribution in [-0.4, -0.2) is 48.5 Å². The maximum atomic E-state index is 8.86. The van der Waals surface area contributed by atoms with Gasteiger partial charge >= 0.3 is 5.97 Å². The number of allylic oxidation sites excluding steroid dienone is 1. The maximum Gasteiger partial charge on any atom is 0.308 e. The molecule has 6 N–H and O–H groups in total. The van der Waals surface area contributed by atoms with Gasteiger partial charge in [-0.05, 0) is 13.0 Å². The highest BCUT2D eigenvalue weighted by molar-refractivity contribution is 4.98. The fraction of sp³-hybridized carbons (Fsp3) is 0.667. The van der Waals surface area contributed by atoms with Crippen LogP contribution >= 0.6 is 0 Å². The van der Waals surface area contributed by atoms with Gasteiger partial charge in [0, 0.05) is 0 Å². The normalized spacial score (nSPS) is 16.9. The van der Waals surface area contributed by atoms with Crippen molar-refractivity contribution in [2.75, 3.05) is 0 Å². The van der Waals surface area contributed by atoms with Crippen LogP contribution in [0.15, 0.2) is 12.2 Å². The summed E-state index contributed by atoms with van der Waals surface area (Å²) in [5.41, 5.74) is 0. The van der Waals surface area contributed by atoms with Crippen LogP contribution in [0.25, 0.3) is 0 Å². The van der Waals surface area contributed by atoms with E-state index in [2.05, 4.69) is 0 Å². The molecular formula is C6H12O6. The third kappa shape index (κ3) is 2.86. The lowest BCUT2D eigenvalue weighted by Gasteiger charge is -2.29. The third-order valence-electron chi connectivity index (χ3n) is 1.18. The Morgan fingerprint density at radius 3 is 1.75 bits per heavy atom. The summed E-state index contributed by atoms with van der Waals surface area (Å²) >= 11 is 0. The van der Waals surface area contributed by atoms with Crippen molar-refractivity contribution in [3.8, 4) is 0 Å². The topological polar surface area (TPSA) is 121 Å². The summed E-state index contributed by atoms with van der Waals surface area (Å²) in [4.78, 5) is 0. The fourth-order valence-electron chi connectivity index (χ4n) is 0.621. The van der Waals surface area contributed by atoms with Crippen molar-refractivity contribution in [1.29, 1.82) is 0 Å². The molecular weight excluding hydrogens is 168 g/mol. The SMILES string of the molecule is CC=CC(O)(O)C(O)C(O)(O)O. The van der Waals surface area contributed by atoms with Crippen molar-refractivity contribution in [1.82, 2.24) is 0 Å². The lowest BCUT2D eigenvalue weighted by molar-refractivity contribution is -0.395. The van der Waals surface area contributed by atoms with Gasteiger partial charge in [-0.2, -0.15) is 0 Å². The molecule has 0 radical (unpaired) electrons. The summed E-state index contributed by atoms with van der Waals surface area (Å²) in [5, 5.41) is 51.5. The molecule has 72 valence electrons. The summed E-state index contributed by atoms with van der Waals surface area (Å²) in [6.45, 7) is 1.42. The van der Waals surface area contributed by atoms with Gasteiger partial charge in [0.15, 0.2) is 6.10 Å². The smallest absolute Gasteiger partial charge is 0.308 e. The Kier molecular flexibility index (Phi) is 3.34. The van der Waals surface area contributed by atoms with E-state index in [0.717, 1.165) is 6.08 Å². The Hall–Kier alpha value is -0.500. The van der Waals surface area contributed by atoms with Crippen molar-refractivity contribution >= 4 is 0 Å². The second kappa shape index (κ2) is 3.48. The average Bonchev–Trinajstić information content (AvgIpc) is 1.84. The average molecular weight is 180 g/mol. The molecule has 0 heterocycles. The molecule has 0 fully saturated rings. The first-order valence-electron chi connectivity index (χ1n) is 3.15. The second-order valence-corrected chi connectivity index (χ2v) is 2.37. The lowest BCUT2D eigenvalue weighted by Crippen LogP contribution is -2.55. The van der Waals surface area contributed by atoms with Gasteiger partial charge in [-0.25, -0.2) is 0 Å². The molecule has 0 aliphatic heterocycles. The van der Waals surface area contributed by atoms with Crippen LogP contribution < -0.4 is 0 Å². The molecule has 0 aliphatic rings. The molecule has 0 aromatic rings. The van der Waals surface area contributed by atoms with Crippen molar-refractivity contribution in [2.45, 2.75) is 24.8 Å². The molecule has 6 nitrogen and oxygen atoms in total. The molecule has 0 rings (SSSR count). The summed E-state index contributed by atoms with van der Waals surface area (Å²) in [5.74, 6) is -6.43. The summed E-state index contributed by atoms with van der Waals surface area (Å²) in [7, 11) is 0. The number of aliphatic hydroxyl groups excluding tert-OH is 1. The van der Waals surface area contributed by atoms with Crippen LogP contribution in [0.5, 0.6) is 0 Å². The molecule has 0 bridgehead atoms. The zero-order valence-electron chi connectivity index (χ0n) is 6.42. The van der Waals surface area contributed by atoms with Crippen molar-refractivity contribution in [3.05, 3.63) is 12.2 Å². The van der Waals surface area contributed by atoms with E-state index in [1.54, 1.807) is 0 Å². The molecule has 0 amide bonds. The summed E-state index contributed by atoms with van der Waals surface area (Å²) in [6.07, 6.45) is -0.675. The van der Waals surface area contributed by atoms with E-state index in [0.29, 0.717) is 6.08 Å². The standard InChI is InChI=1S/C6H12O6/c1-2-3-5(8,9)4(7)6(10,11)12/h2-4,7-12H,1H3. The predicted molar refractivity (Wildman–Crippen MR) is 37.4 cm³/mol. The number of aliphatic hydroxyl groups is 6. The Balaban J connectivity index is 4.56. The predicted octanol–water partition coefficient (Wildman–Crippen LogP) is -2.77. The monoisotopic (exact) mass is 180 g/mol. The molecule has 6 heteroatoms. The van der Waals surface area contributed by atoms with Gasteiger partial charge in [0.05, 0.1) is 0 Å². The van der Waals surface area contributed by atoms with Gasteiger partial charge in [0.2, 0.25) is 5.79 Å². The largest absolute Gasteiger partial charge is 0.380 e. The zero-order chi connectivity index (χ0) is 9.99. The molecule has 0 spiro atoms. The minimum Gasteiger partial charge on any atom is -0.380 e. The highest BCUT2D eigenvalue weighted by Crippen LogP contribution is 2.16. The molecule has 1 unspecified atom stereocenters. The van der Waals surface area contributed by atoms with Crippen LogP contribution in [0.2, 0.25) is 0 Å².